The Labute approximate surface area is 157 Å². The van der Waals surface area contributed by atoms with E-state index in [1.165, 1.54) is 0 Å². The molecule has 0 saturated carbocycles. The lowest BCUT2D eigenvalue weighted by molar-refractivity contribution is -0.130. The Kier molecular flexibility index (Phi) is 4.92. The van der Waals surface area contributed by atoms with E-state index < -0.39 is 6.23 Å². The zero-order valence-corrected chi connectivity index (χ0v) is 14.7. The number of ether oxygens (including phenoxy) is 1. The summed E-state index contributed by atoms with van der Waals surface area (Å²) in [6.07, 6.45) is 0.153. The Morgan fingerprint density at radius 3 is 2.33 bits per heavy atom. The van der Waals surface area contributed by atoms with E-state index in [0.717, 1.165) is 16.6 Å². The molecule has 0 bridgehead atoms. The van der Waals surface area contributed by atoms with Crippen LogP contribution >= 0.6 is 0 Å². The number of hydrogen-bond donors (Lipinski definition) is 0. The van der Waals surface area contributed by atoms with Gasteiger partial charge in [0.2, 0.25) is 0 Å². The third-order valence-corrected chi connectivity index (χ3v) is 4.37. The van der Waals surface area contributed by atoms with Crippen LogP contribution in [0.4, 0.5) is 0 Å². The number of benzene rings is 3. The van der Waals surface area contributed by atoms with E-state index in [1.54, 1.807) is 4.68 Å². The predicted octanol–water partition coefficient (Wildman–Crippen LogP) is 4.21. The summed E-state index contributed by atoms with van der Waals surface area (Å²) in [6, 6.07) is 26.8. The maximum atomic E-state index is 13.0. The van der Waals surface area contributed by atoms with Gasteiger partial charge in [-0.2, -0.15) is 4.68 Å². The Hall–Kier alpha value is -3.47. The predicted molar refractivity (Wildman–Crippen MR) is 103 cm³/mol. The molecular formula is C22H19N3O2. The van der Waals surface area contributed by atoms with Crippen molar-refractivity contribution in [2.45, 2.75) is 19.1 Å². The maximum Gasteiger partial charge on any atom is 0.252 e. The molecule has 134 valence electrons. The highest BCUT2D eigenvalue weighted by Gasteiger charge is 2.25. The summed E-state index contributed by atoms with van der Waals surface area (Å²) in [5.41, 5.74) is 2.62. The topological polar surface area (TPSA) is 57.0 Å². The average Bonchev–Trinajstić information content (AvgIpc) is 3.16. The van der Waals surface area contributed by atoms with E-state index in [1.807, 2.05) is 84.9 Å². The van der Waals surface area contributed by atoms with Crippen LogP contribution in [0.2, 0.25) is 0 Å². The summed E-state index contributed by atoms with van der Waals surface area (Å²) in [7, 11) is 0. The number of rotatable bonds is 7. The minimum Gasteiger partial charge on any atom is -0.461 e. The third kappa shape index (κ3) is 3.87. The molecule has 27 heavy (non-hydrogen) atoms. The Morgan fingerprint density at radius 2 is 1.56 bits per heavy atom. The van der Waals surface area contributed by atoms with Crippen molar-refractivity contribution < 1.29 is 9.53 Å². The van der Waals surface area contributed by atoms with E-state index in [9.17, 15) is 4.79 Å². The van der Waals surface area contributed by atoms with Gasteiger partial charge in [0.1, 0.15) is 11.3 Å². The lowest BCUT2D eigenvalue weighted by Gasteiger charge is -2.18. The molecule has 1 atom stereocenters. The van der Waals surface area contributed by atoms with E-state index in [4.69, 9.17) is 4.74 Å². The number of para-hydroxylation sites is 2. The fraction of sp³-hybridized carbons (Fsp3) is 0.136. The average molecular weight is 357 g/mol. The number of hydrogen-bond acceptors (Lipinski definition) is 4. The summed E-state index contributed by atoms with van der Waals surface area (Å²) in [4.78, 5) is 13.0. The zero-order valence-electron chi connectivity index (χ0n) is 14.7. The molecule has 1 unspecified atom stereocenters. The number of aromatic nitrogens is 3. The highest BCUT2D eigenvalue weighted by Crippen LogP contribution is 2.22. The first-order chi connectivity index (χ1) is 13.3. The first-order valence-corrected chi connectivity index (χ1v) is 8.89. The van der Waals surface area contributed by atoms with Gasteiger partial charge in [-0.15, -0.1) is 5.10 Å². The molecule has 0 aliphatic rings. The molecule has 1 aromatic heterocycles. The molecular weight excluding hydrogens is 338 g/mol. The molecule has 5 heteroatoms. The van der Waals surface area contributed by atoms with Gasteiger partial charge in [-0.05, 0) is 36.2 Å². The molecule has 0 spiro atoms. The van der Waals surface area contributed by atoms with Crippen LogP contribution in [0, 0.1) is 0 Å². The van der Waals surface area contributed by atoms with Gasteiger partial charge in [0, 0.05) is 6.42 Å². The van der Waals surface area contributed by atoms with E-state index in [-0.39, 0.29) is 5.78 Å². The summed E-state index contributed by atoms with van der Waals surface area (Å²) in [5, 5.41) is 8.35. The number of nitrogens with zero attached hydrogens (tertiary/aromatic N) is 3. The lowest BCUT2D eigenvalue weighted by atomic mass is 10.1. The van der Waals surface area contributed by atoms with E-state index in [0.29, 0.717) is 18.6 Å². The fourth-order valence-electron chi connectivity index (χ4n) is 2.98. The van der Waals surface area contributed by atoms with Crippen molar-refractivity contribution in [3.8, 4) is 5.75 Å². The van der Waals surface area contributed by atoms with Crippen molar-refractivity contribution in [3.05, 3.63) is 90.5 Å². The summed E-state index contributed by atoms with van der Waals surface area (Å²) in [5.74, 6) is 0.577. The first kappa shape index (κ1) is 17.0. The van der Waals surface area contributed by atoms with Crippen LogP contribution < -0.4 is 4.74 Å². The monoisotopic (exact) mass is 357 g/mol. The largest absolute Gasteiger partial charge is 0.461 e. The van der Waals surface area contributed by atoms with Gasteiger partial charge < -0.3 is 4.74 Å². The quantitative estimate of drug-likeness (QED) is 0.497. The van der Waals surface area contributed by atoms with Crippen molar-refractivity contribution in [3.63, 3.8) is 0 Å². The SMILES string of the molecule is O=C(CCc1ccccc1)C(Oc1ccccc1)n1nnc2ccccc21. The van der Waals surface area contributed by atoms with Crippen LogP contribution in [0.15, 0.2) is 84.9 Å². The van der Waals surface area contributed by atoms with Crippen LogP contribution in [0.5, 0.6) is 5.75 Å². The Balaban J connectivity index is 1.62. The molecule has 1 heterocycles. The number of carbonyl (C=O) groups excluding carboxylic acids is 1. The van der Waals surface area contributed by atoms with Crippen molar-refractivity contribution >= 4 is 16.8 Å². The highest BCUT2D eigenvalue weighted by molar-refractivity contribution is 5.84. The van der Waals surface area contributed by atoms with Crippen LogP contribution in [-0.4, -0.2) is 20.8 Å². The molecule has 0 amide bonds. The molecule has 0 fully saturated rings. The van der Waals surface area contributed by atoms with Crippen LogP contribution in [-0.2, 0) is 11.2 Å². The molecule has 0 radical (unpaired) electrons. The highest BCUT2D eigenvalue weighted by atomic mass is 16.5. The van der Waals surface area contributed by atoms with Crippen LogP contribution in [0.3, 0.4) is 0 Å². The summed E-state index contributed by atoms with van der Waals surface area (Å²) in [6.45, 7) is 0. The van der Waals surface area contributed by atoms with Crippen molar-refractivity contribution in [1.29, 1.82) is 0 Å². The Morgan fingerprint density at radius 1 is 0.889 bits per heavy atom. The normalized spacial score (nSPS) is 12.0. The third-order valence-electron chi connectivity index (χ3n) is 4.37. The molecule has 0 N–H and O–H groups in total. The smallest absolute Gasteiger partial charge is 0.252 e. The van der Waals surface area contributed by atoms with Gasteiger partial charge in [-0.3, -0.25) is 4.79 Å². The summed E-state index contributed by atoms with van der Waals surface area (Å²) >= 11 is 0. The van der Waals surface area contributed by atoms with Gasteiger partial charge in [-0.1, -0.05) is 65.9 Å². The molecule has 5 nitrogen and oxygen atoms in total. The second kappa shape index (κ2) is 7.83. The summed E-state index contributed by atoms with van der Waals surface area (Å²) < 4.78 is 7.59. The number of ketones is 1. The van der Waals surface area contributed by atoms with Crippen molar-refractivity contribution in [2.75, 3.05) is 0 Å². The zero-order chi connectivity index (χ0) is 18.5. The molecule has 0 aliphatic carbocycles. The van der Waals surface area contributed by atoms with Gasteiger partial charge in [0.25, 0.3) is 6.23 Å². The molecule has 4 rings (SSSR count). The van der Waals surface area contributed by atoms with Gasteiger partial charge in [0.05, 0.1) is 5.52 Å². The molecule has 0 aliphatic heterocycles. The number of aryl methyl sites for hydroxylation is 1. The van der Waals surface area contributed by atoms with Crippen molar-refractivity contribution in [1.82, 2.24) is 15.0 Å². The number of carbonyl (C=O) groups is 1. The van der Waals surface area contributed by atoms with E-state index >= 15 is 0 Å². The standard InChI is InChI=1S/C22H19N3O2/c26-21(16-15-17-9-3-1-4-10-17)22(27-18-11-5-2-6-12-18)25-20-14-8-7-13-19(20)23-24-25/h1-14,22H,15-16H2. The molecule has 4 aromatic rings. The van der Waals surface area contributed by atoms with Crippen LogP contribution in [0.25, 0.3) is 11.0 Å². The first-order valence-electron chi connectivity index (χ1n) is 8.89. The second-order valence-electron chi connectivity index (χ2n) is 6.26. The fourth-order valence-corrected chi connectivity index (χ4v) is 2.98. The lowest BCUT2D eigenvalue weighted by Crippen LogP contribution is -2.26. The van der Waals surface area contributed by atoms with Crippen molar-refractivity contribution in [2.24, 2.45) is 0 Å². The minimum atomic E-state index is -0.858. The number of Topliss-reactive ketones (excluding diaryl/α,β-unsaturated/α-hetero) is 1. The maximum absolute atomic E-state index is 13.0. The molecule has 3 aromatic carbocycles. The minimum absolute atomic E-state index is 0.0432. The van der Waals surface area contributed by atoms with E-state index in [2.05, 4.69) is 10.3 Å². The van der Waals surface area contributed by atoms with Gasteiger partial charge in [0.15, 0.2) is 5.78 Å². The Bertz CT molecular complexity index is 1030. The second-order valence-corrected chi connectivity index (χ2v) is 6.26. The van der Waals surface area contributed by atoms with Crippen LogP contribution in [0.1, 0.15) is 18.2 Å². The van der Waals surface area contributed by atoms with Gasteiger partial charge in [-0.25, -0.2) is 0 Å². The molecule has 0 saturated heterocycles. The van der Waals surface area contributed by atoms with Gasteiger partial charge >= 0.3 is 0 Å². The number of fused-ring (bicyclic) bond motifs is 1.